The molecule has 3 aromatic heterocycles. The first kappa shape index (κ1) is 13.3. The van der Waals surface area contributed by atoms with E-state index in [-0.39, 0.29) is 5.88 Å². The maximum Gasteiger partial charge on any atom is 0.341 e. The zero-order valence-electron chi connectivity index (χ0n) is 11.8. The van der Waals surface area contributed by atoms with Crippen LogP contribution in [0.4, 0.5) is 0 Å². The average molecular weight is 309 g/mol. The Morgan fingerprint density at radius 3 is 2.96 bits per heavy atom. The number of ether oxygens (including phenoxy) is 1. The number of aromatic nitrogens is 3. The van der Waals surface area contributed by atoms with E-state index in [4.69, 9.17) is 14.3 Å². The van der Waals surface area contributed by atoms with E-state index in [1.54, 1.807) is 22.8 Å². The molecule has 0 amide bonds. The number of nitrogens with zero attached hydrogens (tertiary/aromatic N) is 3. The van der Waals surface area contributed by atoms with Crippen molar-refractivity contribution in [1.82, 2.24) is 14.6 Å². The molecule has 1 aromatic carbocycles. The standard InChI is InChI=1S/C16H11N3O4/c20-16(21)9-22-15-6-5-14-17-8-11(19(14)18-15)13-7-10-3-1-2-4-12(10)23-13/h1-8H,9H2,(H,20,21). The Kier molecular flexibility index (Phi) is 2.97. The Balaban J connectivity index is 1.79. The van der Waals surface area contributed by atoms with E-state index in [0.29, 0.717) is 17.1 Å². The number of benzene rings is 1. The highest BCUT2D eigenvalue weighted by atomic mass is 16.5. The van der Waals surface area contributed by atoms with Gasteiger partial charge in [0.1, 0.15) is 11.3 Å². The van der Waals surface area contributed by atoms with Gasteiger partial charge in [0.25, 0.3) is 0 Å². The van der Waals surface area contributed by atoms with Crippen molar-refractivity contribution in [1.29, 1.82) is 0 Å². The Hall–Kier alpha value is -3.35. The third kappa shape index (κ3) is 2.38. The SMILES string of the molecule is O=C(O)COc1ccc2ncc(-c3cc4ccccc4o3)n2n1. The van der Waals surface area contributed by atoms with Gasteiger partial charge in [0.15, 0.2) is 18.0 Å². The lowest BCUT2D eigenvalue weighted by Crippen LogP contribution is -2.11. The summed E-state index contributed by atoms with van der Waals surface area (Å²) in [6, 6.07) is 12.9. The largest absolute Gasteiger partial charge is 0.479 e. The number of imidazole rings is 1. The molecule has 0 spiro atoms. The molecule has 4 rings (SSSR count). The Morgan fingerprint density at radius 2 is 2.13 bits per heavy atom. The molecule has 7 heteroatoms. The highest BCUT2D eigenvalue weighted by Crippen LogP contribution is 2.28. The second-order valence-electron chi connectivity index (χ2n) is 4.92. The third-order valence-corrected chi connectivity index (χ3v) is 3.36. The summed E-state index contributed by atoms with van der Waals surface area (Å²) in [4.78, 5) is 14.9. The number of carboxylic acids is 1. The van der Waals surface area contributed by atoms with Crippen LogP contribution in [0.2, 0.25) is 0 Å². The Morgan fingerprint density at radius 1 is 1.26 bits per heavy atom. The number of furan rings is 1. The van der Waals surface area contributed by atoms with Crippen LogP contribution in [0.5, 0.6) is 5.88 Å². The van der Waals surface area contributed by atoms with E-state index in [1.807, 2.05) is 30.3 Å². The van der Waals surface area contributed by atoms with Crippen LogP contribution in [0.1, 0.15) is 0 Å². The van der Waals surface area contributed by atoms with Crippen molar-refractivity contribution in [2.75, 3.05) is 6.61 Å². The molecule has 0 saturated carbocycles. The van der Waals surface area contributed by atoms with E-state index >= 15 is 0 Å². The quantitative estimate of drug-likeness (QED) is 0.623. The average Bonchev–Trinajstić information content (AvgIpc) is 3.15. The van der Waals surface area contributed by atoms with Crippen molar-refractivity contribution >= 4 is 22.6 Å². The molecule has 23 heavy (non-hydrogen) atoms. The summed E-state index contributed by atoms with van der Waals surface area (Å²) in [5, 5.41) is 13.9. The lowest BCUT2D eigenvalue weighted by atomic mass is 10.2. The van der Waals surface area contributed by atoms with Gasteiger partial charge in [-0.25, -0.2) is 14.3 Å². The van der Waals surface area contributed by atoms with Crippen molar-refractivity contribution in [3.05, 3.63) is 48.7 Å². The van der Waals surface area contributed by atoms with E-state index in [1.165, 1.54) is 0 Å². The Labute approximate surface area is 129 Å². The number of hydrogen-bond donors (Lipinski definition) is 1. The van der Waals surface area contributed by atoms with Gasteiger partial charge in [0, 0.05) is 11.5 Å². The number of fused-ring (bicyclic) bond motifs is 2. The van der Waals surface area contributed by atoms with Crippen LogP contribution in [0.3, 0.4) is 0 Å². The van der Waals surface area contributed by atoms with Crippen LogP contribution < -0.4 is 4.74 Å². The van der Waals surface area contributed by atoms with E-state index in [2.05, 4.69) is 10.1 Å². The first-order valence-corrected chi connectivity index (χ1v) is 6.89. The van der Waals surface area contributed by atoms with Crippen molar-refractivity contribution in [3.8, 4) is 17.3 Å². The van der Waals surface area contributed by atoms with Gasteiger partial charge in [0.05, 0.1) is 6.20 Å². The summed E-state index contributed by atoms with van der Waals surface area (Å²) in [5.41, 5.74) is 2.05. The van der Waals surface area contributed by atoms with Crippen molar-refractivity contribution in [2.24, 2.45) is 0 Å². The molecule has 0 aliphatic heterocycles. The van der Waals surface area contributed by atoms with Crippen LogP contribution in [0.15, 0.2) is 53.1 Å². The molecular weight excluding hydrogens is 298 g/mol. The van der Waals surface area contributed by atoms with E-state index < -0.39 is 12.6 Å². The summed E-state index contributed by atoms with van der Waals surface area (Å²) < 4.78 is 12.5. The van der Waals surface area contributed by atoms with E-state index in [9.17, 15) is 4.79 Å². The van der Waals surface area contributed by atoms with Gasteiger partial charge in [-0.2, -0.15) is 0 Å². The number of carbonyl (C=O) groups is 1. The van der Waals surface area contributed by atoms with Gasteiger partial charge in [-0.3, -0.25) is 0 Å². The number of carboxylic acid groups (broad SMARTS) is 1. The molecule has 4 aromatic rings. The second kappa shape index (κ2) is 5.13. The maximum atomic E-state index is 10.6. The minimum Gasteiger partial charge on any atom is -0.479 e. The highest BCUT2D eigenvalue weighted by Gasteiger charge is 2.13. The Bertz CT molecular complexity index is 985. The van der Waals surface area contributed by atoms with Crippen molar-refractivity contribution < 1.29 is 19.1 Å². The highest BCUT2D eigenvalue weighted by molar-refractivity contribution is 5.82. The maximum absolute atomic E-state index is 10.6. The fourth-order valence-electron chi connectivity index (χ4n) is 2.35. The normalized spacial score (nSPS) is 11.1. The summed E-state index contributed by atoms with van der Waals surface area (Å²) in [5.74, 6) is -0.230. The minimum absolute atomic E-state index is 0.204. The van der Waals surface area contributed by atoms with Crippen molar-refractivity contribution in [2.45, 2.75) is 0 Å². The molecule has 0 unspecified atom stereocenters. The van der Waals surface area contributed by atoms with Crippen molar-refractivity contribution in [3.63, 3.8) is 0 Å². The minimum atomic E-state index is -1.06. The third-order valence-electron chi connectivity index (χ3n) is 3.36. The van der Waals surface area contributed by atoms with Gasteiger partial charge in [-0.1, -0.05) is 18.2 Å². The number of para-hydroxylation sites is 1. The summed E-state index contributed by atoms with van der Waals surface area (Å²) in [6.07, 6.45) is 1.65. The zero-order valence-corrected chi connectivity index (χ0v) is 11.8. The first-order valence-electron chi connectivity index (χ1n) is 6.89. The van der Waals surface area contributed by atoms with Crippen LogP contribution in [0, 0.1) is 0 Å². The second-order valence-corrected chi connectivity index (χ2v) is 4.92. The van der Waals surface area contributed by atoms with Gasteiger partial charge in [0.2, 0.25) is 5.88 Å². The van der Waals surface area contributed by atoms with Gasteiger partial charge in [-0.05, 0) is 18.2 Å². The van der Waals surface area contributed by atoms with Gasteiger partial charge >= 0.3 is 5.97 Å². The molecule has 3 heterocycles. The topological polar surface area (TPSA) is 89.9 Å². The van der Waals surface area contributed by atoms with E-state index in [0.717, 1.165) is 11.0 Å². The van der Waals surface area contributed by atoms with Crippen LogP contribution >= 0.6 is 0 Å². The summed E-state index contributed by atoms with van der Waals surface area (Å²) in [6.45, 7) is -0.451. The molecule has 0 aliphatic carbocycles. The molecule has 0 atom stereocenters. The molecule has 114 valence electrons. The van der Waals surface area contributed by atoms with Gasteiger partial charge < -0.3 is 14.3 Å². The fourth-order valence-corrected chi connectivity index (χ4v) is 2.35. The lowest BCUT2D eigenvalue weighted by Gasteiger charge is -2.03. The summed E-state index contributed by atoms with van der Waals surface area (Å²) in [7, 11) is 0. The predicted molar refractivity (Wildman–Crippen MR) is 81.3 cm³/mol. The molecule has 0 fully saturated rings. The fraction of sp³-hybridized carbons (Fsp3) is 0.0625. The molecule has 0 aliphatic rings. The summed E-state index contributed by atoms with van der Waals surface area (Å²) >= 11 is 0. The predicted octanol–water partition coefficient (Wildman–Crippen LogP) is 2.61. The van der Waals surface area contributed by atoms with Gasteiger partial charge in [-0.15, -0.1) is 5.10 Å². The first-order chi connectivity index (χ1) is 11.2. The molecule has 1 N–H and O–H groups in total. The molecule has 0 bridgehead atoms. The molecule has 0 radical (unpaired) electrons. The molecule has 7 nitrogen and oxygen atoms in total. The lowest BCUT2D eigenvalue weighted by molar-refractivity contribution is -0.139. The number of rotatable bonds is 4. The number of hydrogen-bond acceptors (Lipinski definition) is 5. The zero-order chi connectivity index (χ0) is 15.8. The molecule has 0 saturated heterocycles. The van der Waals surface area contributed by atoms with Crippen LogP contribution in [0.25, 0.3) is 28.1 Å². The monoisotopic (exact) mass is 309 g/mol. The number of aliphatic carboxylic acids is 1. The van der Waals surface area contributed by atoms with Crippen LogP contribution in [-0.2, 0) is 4.79 Å². The smallest absolute Gasteiger partial charge is 0.341 e. The van der Waals surface area contributed by atoms with Crippen LogP contribution in [-0.4, -0.2) is 32.3 Å². The molecular formula is C16H11N3O4.